The fourth-order valence-corrected chi connectivity index (χ4v) is 3.11. The van der Waals surface area contributed by atoms with Crippen LogP contribution in [0, 0.1) is 17.0 Å². The number of aliphatic hydroxyl groups is 3. The van der Waals surface area contributed by atoms with Crippen molar-refractivity contribution in [3.05, 3.63) is 41.1 Å². The van der Waals surface area contributed by atoms with Crippen molar-refractivity contribution in [1.82, 2.24) is 5.32 Å². The highest BCUT2D eigenvalue weighted by molar-refractivity contribution is 5.57. The van der Waals surface area contributed by atoms with Crippen molar-refractivity contribution in [1.29, 1.82) is 0 Å². The summed E-state index contributed by atoms with van der Waals surface area (Å²) in [5, 5.41) is 40.8. The second-order valence-corrected chi connectivity index (χ2v) is 7.05. The lowest BCUT2D eigenvalue weighted by atomic mass is 9.94. The maximum Gasteiger partial charge on any atom is 0.189 e. The van der Waals surface area contributed by atoms with Gasteiger partial charge in [-0.2, -0.15) is 0 Å². The molecule has 2 heterocycles. The Morgan fingerprint density at radius 2 is 1.92 bits per heavy atom. The maximum atomic E-state index is 11.6. The third-order valence-corrected chi connectivity index (χ3v) is 5.14. The zero-order chi connectivity index (χ0) is 19.1. The first kappa shape index (κ1) is 20.8. The number of hydrogen-bond acceptors (Lipinski definition) is 6. The quantitative estimate of drug-likeness (QED) is 0.435. The molecule has 3 rings (SSSR count). The average Bonchev–Trinajstić information content (AvgIpc) is 3.09. The zero-order valence-electron chi connectivity index (χ0n) is 15.4. The molecule has 4 N–H and O–H groups in total. The summed E-state index contributed by atoms with van der Waals surface area (Å²) < 4.78 is 6.69. The van der Waals surface area contributed by atoms with Crippen LogP contribution < -0.4 is 5.32 Å². The molecule has 1 fully saturated rings. The highest BCUT2D eigenvalue weighted by atomic mass is 16.5. The van der Waals surface area contributed by atoms with Gasteiger partial charge in [-0.15, -0.1) is 0 Å². The number of nitrogens with zero attached hydrogens (tertiary/aromatic N) is 1. The molecule has 2 aliphatic rings. The van der Waals surface area contributed by atoms with E-state index in [2.05, 4.69) is 19.2 Å². The molecule has 0 spiro atoms. The van der Waals surface area contributed by atoms with Crippen LogP contribution in [0.25, 0.3) is 0 Å². The summed E-state index contributed by atoms with van der Waals surface area (Å²) in [6.45, 7) is 5.50. The van der Waals surface area contributed by atoms with Gasteiger partial charge in [0.2, 0.25) is 0 Å². The van der Waals surface area contributed by atoms with E-state index < -0.39 is 12.2 Å². The summed E-state index contributed by atoms with van der Waals surface area (Å²) in [6, 6.07) is 9.65. The van der Waals surface area contributed by atoms with Gasteiger partial charge in [-0.3, -0.25) is 0 Å². The molecule has 0 saturated carbocycles. The van der Waals surface area contributed by atoms with Crippen molar-refractivity contribution < 1.29 is 24.8 Å². The van der Waals surface area contributed by atoms with Crippen molar-refractivity contribution in [2.24, 2.45) is 11.8 Å². The van der Waals surface area contributed by atoms with Gasteiger partial charge in [0.15, 0.2) is 12.3 Å². The molecule has 26 heavy (non-hydrogen) atoms. The minimum Gasteiger partial charge on any atom is -0.624 e. The van der Waals surface area contributed by atoms with Crippen molar-refractivity contribution in [3.63, 3.8) is 0 Å². The van der Waals surface area contributed by atoms with Crippen LogP contribution >= 0.6 is 0 Å². The van der Waals surface area contributed by atoms with Crippen LogP contribution in [-0.2, 0) is 11.3 Å². The largest absolute Gasteiger partial charge is 0.624 e. The highest BCUT2D eigenvalue weighted by Gasteiger charge is 2.35. The van der Waals surface area contributed by atoms with Gasteiger partial charge in [0.25, 0.3) is 0 Å². The molecule has 1 aromatic rings. The van der Waals surface area contributed by atoms with Gasteiger partial charge >= 0.3 is 0 Å². The number of β-amino-alcohol motifs (C(OH)–C–C–N with tert-alkyl or cyclic N) is 1. The molecule has 2 aliphatic heterocycles. The van der Waals surface area contributed by atoms with Gasteiger partial charge < -0.3 is 30.6 Å². The summed E-state index contributed by atoms with van der Waals surface area (Å²) in [4.78, 5) is 0. The van der Waals surface area contributed by atoms with E-state index in [0.717, 1.165) is 10.3 Å². The Morgan fingerprint density at radius 1 is 1.23 bits per heavy atom. The minimum absolute atomic E-state index is 0.0336. The van der Waals surface area contributed by atoms with Gasteiger partial charge in [-0.25, -0.2) is 4.74 Å². The number of nitrogens with one attached hydrogen (secondary N) is 1. The van der Waals surface area contributed by atoms with E-state index >= 15 is 0 Å². The molecule has 0 bridgehead atoms. The molecule has 0 radical (unpaired) electrons. The Morgan fingerprint density at radius 3 is 2.38 bits per heavy atom. The van der Waals surface area contributed by atoms with Crippen LogP contribution in [-0.4, -0.2) is 70.3 Å². The summed E-state index contributed by atoms with van der Waals surface area (Å²) in [5.41, 5.74) is 1.15. The molecule has 1 saturated heterocycles. The SMILES string of the molecule is C[C@H]1[C@H](C)C=[N+]([O-])[C@@H]1COCc1ccccc1.OC[C@H]1NC[C@@H](O)[C@@H]1O. The van der Waals surface area contributed by atoms with Crippen LogP contribution in [0.4, 0.5) is 0 Å². The lowest BCUT2D eigenvalue weighted by Gasteiger charge is -2.17. The fraction of sp³-hybridized carbons (Fsp3) is 0.632. The number of benzene rings is 1. The number of rotatable bonds is 5. The molecule has 7 heteroatoms. The summed E-state index contributed by atoms with van der Waals surface area (Å²) >= 11 is 0. The first-order chi connectivity index (χ1) is 12.4. The molecule has 0 aromatic heterocycles. The molecular weight excluding hydrogens is 336 g/mol. The third kappa shape index (κ3) is 5.49. The van der Waals surface area contributed by atoms with Gasteiger partial charge in [0.1, 0.15) is 6.61 Å². The van der Waals surface area contributed by atoms with Crippen molar-refractivity contribution in [2.45, 2.75) is 44.7 Å². The topological polar surface area (TPSA) is 108 Å². The molecule has 0 unspecified atom stereocenters. The molecule has 7 nitrogen and oxygen atoms in total. The second kappa shape index (κ2) is 9.99. The molecule has 0 amide bonds. The second-order valence-electron chi connectivity index (χ2n) is 7.05. The van der Waals surface area contributed by atoms with E-state index in [1.54, 1.807) is 6.21 Å². The molecule has 6 atom stereocenters. The molecular formula is C19H30N2O5. The normalized spacial score (nSPS) is 33.5. The first-order valence-electron chi connectivity index (χ1n) is 9.06. The van der Waals surface area contributed by atoms with E-state index in [-0.39, 0.29) is 18.7 Å². The van der Waals surface area contributed by atoms with Gasteiger partial charge in [-0.1, -0.05) is 44.2 Å². The third-order valence-electron chi connectivity index (χ3n) is 5.14. The van der Waals surface area contributed by atoms with Crippen LogP contribution in [0.5, 0.6) is 0 Å². The fourth-order valence-electron chi connectivity index (χ4n) is 3.11. The van der Waals surface area contributed by atoms with Gasteiger partial charge in [-0.05, 0) is 5.56 Å². The lowest BCUT2D eigenvalue weighted by molar-refractivity contribution is -0.500. The molecule has 0 aliphatic carbocycles. The van der Waals surface area contributed by atoms with Crippen LogP contribution in [0.15, 0.2) is 30.3 Å². The predicted molar refractivity (Wildman–Crippen MR) is 98.8 cm³/mol. The number of hydroxylamine groups is 1. The average molecular weight is 366 g/mol. The summed E-state index contributed by atoms with van der Waals surface area (Å²) in [5.74, 6) is 0.709. The van der Waals surface area contributed by atoms with E-state index in [1.165, 1.54) is 0 Å². The predicted octanol–water partition coefficient (Wildman–Crippen LogP) is 0.111. The number of aliphatic hydroxyl groups excluding tert-OH is 3. The van der Waals surface area contributed by atoms with Crippen molar-refractivity contribution in [3.8, 4) is 0 Å². The molecule has 146 valence electrons. The van der Waals surface area contributed by atoms with Crippen LogP contribution in [0.2, 0.25) is 0 Å². The minimum atomic E-state index is -0.810. The smallest absolute Gasteiger partial charge is 0.189 e. The summed E-state index contributed by atoms with van der Waals surface area (Å²) in [6.07, 6.45) is 0.221. The maximum absolute atomic E-state index is 11.6. The van der Waals surface area contributed by atoms with Gasteiger partial charge in [0.05, 0.1) is 31.5 Å². The van der Waals surface area contributed by atoms with E-state index in [9.17, 15) is 5.21 Å². The zero-order valence-corrected chi connectivity index (χ0v) is 15.4. The number of ether oxygens (including phenoxy) is 1. The van der Waals surface area contributed by atoms with Crippen molar-refractivity contribution in [2.75, 3.05) is 19.8 Å². The summed E-state index contributed by atoms with van der Waals surface area (Å²) in [7, 11) is 0. The van der Waals surface area contributed by atoms with Crippen LogP contribution in [0.1, 0.15) is 19.4 Å². The molecule has 1 aromatic carbocycles. The van der Waals surface area contributed by atoms with Gasteiger partial charge in [0, 0.05) is 18.4 Å². The Bertz CT molecular complexity index is 568. The van der Waals surface area contributed by atoms with E-state index in [4.69, 9.17) is 20.1 Å². The lowest BCUT2D eigenvalue weighted by Crippen LogP contribution is -2.35. The highest BCUT2D eigenvalue weighted by Crippen LogP contribution is 2.22. The Labute approximate surface area is 154 Å². The van der Waals surface area contributed by atoms with Crippen molar-refractivity contribution >= 4 is 6.21 Å². The Balaban J connectivity index is 0.000000228. The monoisotopic (exact) mass is 366 g/mol. The Hall–Kier alpha value is -1.51. The first-order valence-corrected chi connectivity index (χ1v) is 9.06. The van der Waals surface area contributed by atoms with E-state index in [1.807, 2.05) is 30.3 Å². The van der Waals surface area contributed by atoms with E-state index in [0.29, 0.717) is 31.6 Å². The standard InChI is InChI=1S/C14H19NO2.C5H11NO3/c1-11-8-15(16)14(12(11)2)10-17-9-13-6-4-3-5-7-13;7-2-3-5(9)4(8)1-6-3/h3-8,11-12,14H,9-10H2,1-2H3;3-9H,1-2H2/t11-,12+,14-;3-,4-,5-/m11/s1. The Kier molecular flexibility index (Phi) is 7.99. The number of hydrogen-bond donors (Lipinski definition) is 4. The van der Waals surface area contributed by atoms with Crippen LogP contribution in [0.3, 0.4) is 0 Å².